The molecule has 0 saturated heterocycles. The summed E-state index contributed by atoms with van der Waals surface area (Å²) in [6.45, 7) is 2.23. The number of nitrogens with one attached hydrogen (secondary N) is 2. The van der Waals surface area contributed by atoms with Crippen LogP contribution in [-0.2, 0) is 13.6 Å². The van der Waals surface area contributed by atoms with Gasteiger partial charge in [0.15, 0.2) is 11.5 Å². The molecule has 0 radical (unpaired) electrons. The second kappa shape index (κ2) is 6.87. The molecule has 27 heavy (non-hydrogen) atoms. The summed E-state index contributed by atoms with van der Waals surface area (Å²) >= 11 is 0. The summed E-state index contributed by atoms with van der Waals surface area (Å²) in [5, 5.41) is 15.1. The lowest BCUT2D eigenvalue weighted by atomic mass is 10.2. The lowest BCUT2D eigenvalue weighted by Gasteiger charge is -2.10. The minimum Gasteiger partial charge on any atom is -0.334 e. The van der Waals surface area contributed by atoms with E-state index in [0.717, 1.165) is 22.3 Å². The van der Waals surface area contributed by atoms with Crippen LogP contribution in [0.5, 0.6) is 0 Å². The molecule has 2 N–H and O–H groups in total. The lowest BCUT2D eigenvalue weighted by Crippen LogP contribution is -2.28. The monoisotopic (exact) mass is 362 g/mol. The number of nitrogens with zero attached hydrogens (tertiary/aromatic N) is 6. The van der Waals surface area contributed by atoms with E-state index in [2.05, 4.69) is 30.8 Å². The Bertz CT molecular complexity index is 1100. The molecule has 0 aliphatic heterocycles. The number of fused-ring (bicyclic) bond motifs is 1. The molecule has 0 spiro atoms. The molecule has 4 aromatic rings. The number of aryl methyl sites for hydroxylation is 2. The number of rotatable bonds is 4. The highest BCUT2D eigenvalue weighted by Gasteiger charge is 2.10. The summed E-state index contributed by atoms with van der Waals surface area (Å²) in [6.07, 6.45) is 6.80. The van der Waals surface area contributed by atoms with Crippen LogP contribution in [0.25, 0.3) is 16.9 Å². The Labute approximate surface area is 155 Å². The van der Waals surface area contributed by atoms with Gasteiger partial charge in [-0.25, -0.2) is 19.4 Å². The number of hydrogen-bond acceptors (Lipinski definition) is 5. The topological polar surface area (TPSA) is 103 Å². The van der Waals surface area contributed by atoms with Gasteiger partial charge in [0.2, 0.25) is 0 Å². The lowest BCUT2D eigenvalue weighted by molar-refractivity contribution is 0.251. The highest BCUT2D eigenvalue weighted by Crippen LogP contribution is 2.19. The van der Waals surface area contributed by atoms with Gasteiger partial charge in [-0.15, -0.1) is 0 Å². The summed E-state index contributed by atoms with van der Waals surface area (Å²) in [6, 6.07) is 7.08. The van der Waals surface area contributed by atoms with Crippen molar-refractivity contribution in [1.29, 1.82) is 0 Å². The third-order valence-electron chi connectivity index (χ3n) is 4.15. The van der Waals surface area contributed by atoms with Gasteiger partial charge < -0.3 is 10.6 Å². The van der Waals surface area contributed by atoms with Crippen molar-refractivity contribution in [3.8, 4) is 5.82 Å². The third-order valence-corrected chi connectivity index (χ3v) is 4.15. The zero-order valence-electron chi connectivity index (χ0n) is 14.9. The van der Waals surface area contributed by atoms with Crippen LogP contribution in [0.15, 0.2) is 49.1 Å². The smallest absolute Gasteiger partial charge is 0.319 e. The fourth-order valence-electron chi connectivity index (χ4n) is 2.90. The van der Waals surface area contributed by atoms with Crippen LogP contribution in [0.4, 0.5) is 10.5 Å². The van der Waals surface area contributed by atoms with Gasteiger partial charge in [-0.3, -0.25) is 4.68 Å². The summed E-state index contributed by atoms with van der Waals surface area (Å²) in [4.78, 5) is 21.0. The van der Waals surface area contributed by atoms with E-state index in [9.17, 15) is 4.79 Å². The molecule has 0 aliphatic carbocycles. The van der Waals surface area contributed by atoms with Crippen molar-refractivity contribution in [2.75, 3.05) is 5.32 Å². The first-order valence-electron chi connectivity index (χ1n) is 8.40. The average molecular weight is 362 g/mol. The van der Waals surface area contributed by atoms with Crippen molar-refractivity contribution in [1.82, 2.24) is 34.8 Å². The summed E-state index contributed by atoms with van der Waals surface area (Å²) < 4.78 is 3.38. The van der Waals surface area contributed by atoms with E-state index in [0.29, 0.717) is 18.1 Å². The first kappa shape index (κ1) is 16.7. The Kier molecular flexibility index (Phi) is 4.25. The van der Waals surface area contributed by atoms with Crippen LogP contribution in [0.1, 0.15) is 11.3 Å². The van der Waals surface area contributed by atoms with Gasteiger partial charge >= 0.3 is 6.03 Å². The van der Waals surface area contributed by atoms with E-state index >= 15 is 0 Å². The van der Waals surface area contributed by atoms with Gasteiger partial charge in [0, 0.05) is 43.1 Å². The minimum atomic E-state index is -0.326. The number of hydrogen-bond donors (Lipinski definition) is 2. The average Bonchev–Trinajstić information content (AvgIpc) is 3.29. The van der Waals surface area contributed by atoms with E-state index in [1.165, 1.54) is 0 Å². The quantitative estimate of drug-likeness (QED) is 0.579. The molecule has 4 aromatic heterocycles. The van der Waals surface area contributed by atoms with E-state index in [-0.39, 0.29) is 6.03 Å². The van der Waals surface area contributed by atoms with Crippen molar-refractivity contribution < 1.29 is 4.79 Å². The summed E-state index contributed by atoms with van der Waals surface area (Å²) in [5.74, 6) is 0.678. The molecule has 0 aliphatic rings. The fourth-order valence-corrected chi connectivity index (χ4v) is 2.90. The van der Waals surface area contributed by atoms with E-state index in [1.54, 1.807) is 28.0 Å². The fraction of sp³-hybridized carbons (Fsp3) is 0.167. The number of aromatic nitrogens is 6. The number of carbonyl (C=O) groups is 1. The second-order valence-corrected chi connectivity index (χ2v) is 6.05. The van der Waals surface area contributed by atoms with Crippen molar-refractivity contribution in [3.05, 3.63) is 60.3 Å². The standard InChI is InChI=1S/C18H18N8O/c1-12-15-9-14(11-20-17(15)25(2)24-12)23-18(27)21-10-13-5-3-6-19-16(13)26-8-4-7-22-26/h3-9,11H,10H2,1-2H3,(H2,21,23,27). The minimum absolute atomic E-state index is 0.316. The van der Waals surface area contributed by atoms with E-state index in [4.69, 9.17) is 0 Å². The summed E-state index contributed by atoms with van der Waals surface area (Å²) in [5.41, 5.74) is 3.10. The normalized spacial score (nSPS) is 10.9. The van der Waals surface area contributed by atoms with Gasteiger partial charge in [0.05, 0.1) is 17.6 Å². The van der Waals surface area contributed by atoms with Crippen molar-refractivity contribution in [2.24, 2.45) is 7.05 Å². The van der Waals surface area contributed by atoms with Gasteiger partial charge in [0.25, 0.3) is 0 Å². The molecular weight excluding hydrogens is 344 g/mol. The van der Waals surface area contributed by atoms with Gasteiger partial charge in [0.1, 0.15) is 0 Å². The van der Waals surface area contributed by atoms with Crippen LogP contribution in [0.3, 0.4) is 0 Å². The first-order valence-corrected chi connectivity index (χ1v) is 8.40. The molecule has 0 atom stereocenters. The number of amides is 2. The van der Waals surface area contributed by atoms with Crippen LogP contribution < -0.4 is 10.6 Å². The molecule has 0 unspecified atom stereocenters. The predicted octanol–water partition coefficient (Wildman–Crippen LogP) is 2.18. The molecule has 9 heteroatoms. The Balaban J connectivity index is 1.46. The Morgan fingerprint density at radius 3 is 2.93 bits per heavy atom. The van der Waals surface area contributed by atoms with Crippen LogP contribution in [-0.4, -0.2) is 35.6 Å². The summed E-state index contributed by atoms with van der Waals surface area (Å²) in [7, 11) is 1.84. The van der Waals surface area contributed by atoms with Gasteiger partial charge in [-0.2, -0.15) is 10.2 Å². The van der Waals surface area contributed by atoms with Crippen LogP contribution >= 0.6 is 0 Å². The molecule has 4 rings (SSSR count). The maximum Gasteiger partial charge on any atom is 0.319 e. The molecule has 0 saturated carbocycles. The van der Waals surface area contributed by atoms with Gasteiger partial charge in [-0.1, -0.05) is 6.07 Å². The molecule has 0 fully saturated rings. The highest BCUT2D eigenvalue weighted by molar-refractivity contribution is 5.92. The zero-order chi connectivity index (χ0) is 18.8. The molecule has 9 nitrogen and oxygen atoms in total. The molecular formula is C18H18N8O. The van der Waals surface area contributed by atoms with Gasteiger partial charge in [-0.05, 0) is 25.1 Å². The van der Waals surface area contributed by atoms with Crippen molar-refractivity contribution in [2.45, 2.75) is 13.5 Å². The first-order chi connectivity index (χ1) is 13.1. The number of anilines is 1. The Morgan fingerprint density at radius 2 is 2.11 bits per heavy atom. The predicted molar refractivity (Wildman–Crippen MR) is 100 cm³/mol. The van der Waals surface area contributed by atoms with E-state index in [1.807, 2.05) is 44.4 Å². The third kappa shape index (κ3) is 3.34. The molecule has 2 amide bonds. The number of carbonyl (C=O) groups excluding carboxylic acids is 1. The molecule has 4 heterocycles. The highest BCUT2D eigenvalue weighted by atomic mass is 16.2. The number of urea groups is 1. The SMILES string of the molecule is Cc1nn(C)c2ncc(NC(=O)NCc3cccnc3-n3cccn3)cc12. The Morgan fingerprint density at radius 1 is 1.22 bits per heavy atom. The largest absolute Gasteiger partial charge is 0.334 e. The maximum absolute atomic E-state index is 12.3. The Hall–Kier alpha value is -3.75. The molecule has 0 aromatic carbocycles. The maximum atomic E-state index is 12.3. The van der Waals surface area contributed by atoms with Crippen LogP contribution in [0, 0.1) is 6.92 Å². The molecule has 0 bridgehead atoms. The molecule has 136 valence electrons. The van der Waals surface area contributed by atoms with Crippen molar-refractivity contribution >= 4 is 22.8 Å². The van der Waals surface area contributed by atoms with E-state index < -0.39 is 0 Å². The number of pyridine rings is 2. The van der Waals surface area contributed by atoms with Crippen LogP contribution in [0.2, 0.25) is 0 Å². The zero-order valence-corrected chi connectivity index (χ0v) is 14.9. The second-order valence-electron chi connectivity index (χ2n) is 6.05. The van der Waals surface area contributed by atoms with Crippen molar-refractivity contribution in [3.63, 3.8) is 0 Å².